The van der Waals surface area contributed by atoms with Crippen LogP contribution in [0.25, 0.3) is 0 Å². The van der Waals surface area contributed by atoms with Gasteiger partial charge in [0.05, 0.1) is 7.11 Å². The largest absolute Gasteiger partial charge is 0.504 e. The van der Waals surface area contributed by atoms with Crippen LogP contribution in [0.1, 0.15) is 0 Å². The summed E-state index contributed by atoms with van der Waals surface area (Å²) in [5, 5.41) is 22.1. The molecule has 9 N–H and O–H groups in total. The average Bonchev–Trinajstić information content (AvgIpc) is 2.64. The Bertz CT molecular complexity index is 381. The van der Waals surface area contributed by atoms with Crippen molar-refractivity contribution >= 4 is 0 Å². The van der Waals surface area contributed by atoms with Gasteiger partial charge in [-0.05, 0) is 12.1 Å². The highest BCUT2D eigenvalue weighted by molar-refractivity contribution is 5.37. The fraction of sp³-hybridized carbons (Fsp3) is 0.647. The molecule has 0 fully saturated rings. The van der Waals surface area contributed by atoms with Crippen LogP contribution >= 0.6 is 0 Å². The zero-order valence-electron chi connectivity index (χ0n) is 15.4. The van der Waals surface area contributed by atoms with Crippen molar-refractivity contribution in [2.24, 2.45) is 11.5 Å². The van der Waals surface area contributed by atoms with Crippen molar-refractivity contribution in [2.75, 3.05) is 72.6 Å². The third-order valence-electron chi connectivity index (χ3n) is 3.16. The van der Waals surface area contributed by atoms with Crippen LogP contribution in [-0.2, 0) is 0 Å². The Morgan fingerprint density at radius 1 is 0.760 bits per heavy atom. The number of methoxy groups -OCH3 is 1. The van der Waals surface area contributed by atoms with Crippen LogP contribution < -0.4 is 37.5 Å². The minimum Gasteiger partial charge on any atom is -0.504 e. The molecule has 0 atom stereocenters. The summed E-state index contributed by atoms with van der Waals surface area (Å²) in [4.78, 5) is 0. The van der Waals surface area contributed by atoms with Crippen molar-refractivity contribution < 1.29 is 9.84 Å². The molecule has 0 saturated carbocycles. The molecule has 0 heterocycles. The monoisotopic (exact) mass is 356 g/mol. The molecule has 0 spiro atoms. The van der Waals surface area contributed by atoms with E-state index in [2.05, 4.69) is 21.3 Å². The molecule has 0 bridgehead atoms. The molecule has 1 aromatic rings. The normalized spacial score (nSPS) is 10.2. The lowest BCUT2D eigenvalue weighted by Crippen LogP contribution is -2.36. The second-order valence-corrected chi connectivity index (χ2v) is 5.25. The number of aromatic hydroxyl groups is 1. The second-order valence-electron chi connectivity index (χ2n) is 5.25. The fourth-order valence-electron chi connectivity index (χ4n) is 1.86. The number of benzene rings is 1. The van der Waals surface area contributed by atoms with Crippen molar-refractivity contribution in [3.05, 3.63) is 24.3 Å². The summed E-state index contributed by atoms with van der Waals surface area (Å²) >= 11 is 0. The first-order valence-electron chi connectivity index (χ1n) is 8.81. The molecule has 0 aliphatic carbocycles. The van der Waals surface area contributed by atoms with Crippen molar-refractivity contribution in [1.82, 2.24) is 21.3 Å². The lowest BCUT2D eigenvalue weighted by Gasteiger charge is -2.07. The van der Waals surface area contributed by atoms with E-state index in [0.717, 1.165) is 52.4 Å². The summed E-state index contributed by atoms with van der Waals surface area (Å²) in [6.45, 7) is 9.15. The zero-order valence-corrected chi connectivity index (χ0v) is 15.4. The van der Waals surface area contributed by atoms with Crippen LogP contribution in [0.4, 0.5) is 0 Å². The Balaban J connectivity index is 0.000000535. The number of nitrogens with two attached hydrogens (primary N) is 2. The second kappa shape index (κ2) is 18.9. The number of para-hydroxylation sites is 2. The summed E-state index contributed by atoms with van der Waals surface area (Å²) in [6.07, 6.45) is 0. The van der Waals surface area contributed by atoms with Gasteiger partial charge in [-0.15, -0.1) is 0 Å². The van der Waals surface area contributed by atoms with Gasteiger partial charge in [-0.3, -0.25) is 0 Å². The van der Waals surface area contributed by atoms with Gasteiger partial charge in [-0.2, -0.15) is 0 Å². The Morgan fingerprint density at radius 3 is 1.48 bits per heavy atom. The van der Waals surface area contributed by atoms with Crippen molar-refractivity contribution in [3.63, 3.8) is 0 Å². The van der Waals surface area contributed by atoms with Crippen LogP contribution in [0.3, 0.4) is 0 Å². The van der Waals surface area contributed by atoms with E-state index in [1.807, 2.05) is 0 Å². The number of hydrogen-bond acceptors (Lipinski definition) is 8. The zero-order chi connectivity index (χ0) is 18.6. The van der Waals surface area contributed by atoms with Gasteiger partial charge in [0.1, 0.15) is 0 Å². The Labute approximate surface area is 151 Å². The van der Waals surface area contributed by atoms with Gasteiger partial charge in [-0.25, -0.2) is 0 Å². The van der Waals surface area contributed by atoms with Crippen LogP contribution in [0, 0.1) is 0 Å². The predicted octanol–water partition coefficient (Wildman–Crippen LogP) is -1.34. The van der Waals surface area contributed by atoms with E-state index in [0.29, 0.717) is 18.8 Å². The maximum Gasteiger partial charge on any atom is 0.160 e. The molecule has 0 unspecified atom stereocenters. The summed E-state index contributed by atoms with van der Waals surface area (Å²) in [5.74, 6) is 0.692. The van der Waals surface area contributed by atoms with Crippen LogP contribution in [-0.4, -0.2) is 77.7 Å². The van der Waals surface area contributed by atoms with Gasteiger partial charge < -0.3 is 42.6 Å². The smallest absolute Gasteiger partial charge is 0.160 e. The van der Waals surface area contributed by atoms with E-state index in [4.69, 9.17) is 21.3 Å². The van der Waals surface area contributed by atoms with E-state index in [1.165, 1.54) is 7.11 Å². The predicted molar refractivity (Wildman–Crippen MR) is 104 cm³/mol. The molecule has 1 rings (SSSR count). The lowest BCUT2D eigenvalue weighted by molar-refractivity contribution is 0.373. The van der Waals surface area contributed by atoms with Gasteiger partial charge in [0, 0.05) is 65.4 Å². The highest BCUT2D eigenvalue weighted by atomic mass is 16.5. The van der Waals surface area contributed by atoms with Crippen LogP contribution in [0.15, 0.2) is 24.3 Å². The molecule has 0 aromatic heterocycles. The molecule has 25 heavy (non-hydrogen) atoms. The van der Waals surface area contributed by atoms with E-state index in [9.17, 15) is 0 Å². The summed E-state index contributed by atoms with van der Waals surface area (Å²) in [5.41, 5.74) is 10.7. The summed E-state index contributed by atoms with van der Waals surface area (Å²) in [6, 6.07) is 6.84. The molecule has 1 aromatic carbocycles. The molecule has 0 saturated heterocycles. The topological polar surface area (TPSA) is 130 Å². The Kier molecular flexibility index (Phi) is 17.8. The molecule has 8 heteroatoms. The first-order valence-corrected chi connectivity index (χ1v) is 8.81. The SMILES string of the molecule is COc1ccccc1O.NCCNCCNCCNCCNCCN. The van der Waals surface area contributed by atoms with Crippen molar-refractivity contribution in [2.45, 2.75) is 0 Å². The first-order chi connectivity index (χ1) is 12.3. The third-order valence-corrected chi connectivity index (χ3v) is 3.16. The number of nitrogens with one attached hydrogen (secondary N) is 4. The molecule has 146 valence electrons. The van der Waals surface area contributed by atoms with E-state index < -0.39 is 0 Å². The molecule has 0 amide bonds. The average molecular weight is 357 g/mol. The Morgan fingerprint density at radius 2 is 1.16 bits per heavy atom. The molecule has 0 aliphatic rings. The molecular formula is C17H36N6O2. The van der Waals surface area contributed by atoms with Gasteiger partial charge in [0.15, 0.2) is 11.5 Å². The minimum atomic E-state index is 0.181. The van der Waals surface area contributed by atoms with Gasteiger partial charge in [0.25, 0.3) is 0 Å². The van der Waals surface area contributed by atoms with E-state index in [1.54, 1.807) is 24.3 Å². The molecule has 0 aliphatic heterocycles. The van der Waals surface area contributed by atoms with Gasteiger partial charge in [-0.1, -0.05) is 12.1 Å². The van der Waals surface area contributed by atoms with Crippen LogP contribution in [0.2, 0.25) is 0 Å². The van der Waals surface area contributed by atoms with Crippen molar-refractivity contribution in [3.8, 4) is 11.5 Å². The van der Waals surface area contributed by atoms with Crippen molar-refractivity contribution in [1.29, 1.82) is 0 Å². The third kappa shape index (κ3) is 15.8. The number of ether oxygens (including phenoxy) is 1. The standard InChI is InChI=1S/C10H28N6.C7H8O2/c11-1-3-13-5-7-15-9-10-16-8-6-14-4-2-12;1-9-7-5-3-2-4-6(7)8/h13-16H,1-12H2;2-5,8H,1H3. The molecular weight excluding hydrogens is 320 g/mol. The van der Waals surface area contributed by atoms with E-state index in [-0.39, 0.29) is 5.75 Å². The minimum absolute atomic E-state index is 0.181. The number of phenols is 1. The maximum absolute atomic E-state index is 8.99. The number of phenolic OH excluding ortho intramolecular Hbond substituents is 1. The fourth-order valence-corrected chi connectivity index (χ4v) is 1.86. The molecule has 0 radical (unpaired) electrons. The van der Waals surface area contributed by atoms with Gasteiger partial charge >= 0.3 is 0 Å². The Hall–Kier alpha value is -1.42. The highest BCUT2D eigenvalue weighted by Crippen LogP contribution is 2.22. The summed E-state index contributed by atoms with van der Waals surface area (Å²) in [7, 11) is 1.52. The van der Waals surface area contributed by atoms with Gasteiger partial charge in [0.2, 0.25) is 0 Å². The summed E-state index contributed by atoms with van der Waals surface area (Å²) < 4.78 is 4.79. The maximum atomic E-state index is 8.99. The molecule has 8 nitrogen and oxygen atoms in total. The number of rotatable bonds is 14. The quantitative estimate of drug-likeness (QED) is 0.204. The number of hydrogen-bond donors (Lipinski definition) is 7. The highest BCUT2D eigenvalue weighted by Gasteiger charge is 1.94. The first kappa shape index (κ1) is 23.6. The van der Waals surface area contributed by atoms with Crippen LogP contribution in [0.5, 0.6) is 11.5 Å². The van der Waals surface area contributed by atoms with E-state index >= 15 is 0 Å². The lowest BCUT2D eigenvalue weighted by atomic mass is 10.3.